The maximum Gasteiger partial charge on any atom is 0.232 e. The molecule has 0 amide bonds. The van der Waals surface area contributed by atoms with Crippen molar-refractivity contribution in [1.82, 2.24) is 25.0 Å². The van der Waals surface area contributed by atoms with Crippen LogP contribution in [0.2, 0.25) is 0 Å². The highest BCUT2D eigenvalue weighted by molar-refractivity contribution is 5.33. The van der Waals surface area contributed by atoms with Gasteiger partial charge < -0.3 is 15.6 Å². The number of aliphatic hydroxyl groups excluding tert-OH is 1. The van der Waals surface area contributed by atoms with Crippen LogP contribution >= 0.6 is 0 Å². The first-order chi connectivity index (χ1) is 12.8. The van der Waals surface area contributed by atoms with E-state index in [1.54, 1.807) is 43.1 Å². The summed E-state index contributed by atoms with van der Waals surface area (Å²) in [5.41, 5.74) is 7.11. The van der Waals surface area contributed by atoms with Crippen molar-refractivity contribution in [2.45, 2.75) is 32.9 Å². The molecule has 0 saturated heterocycles. The van der Waals surface area contributed by atoms with E-state index in [4.69, 9.17) is 15.6 Å². The number of ether oxygens (including phenoxy) is 1. The van der Waals surface area contributed by atoms with Crippen LogP contribution in [0.15, 0.2) is 42.9 Å². The summed E-state index contributed by atoms with van der Waals surface area (Å²) in [6, 6.07) is 6.02. The minimum Gasteiger partial charge on any atom is -0.470 e. The quantitative estimate of drug-likeness (QED) is 0.700. The van der Waals surface area contributed by atoms with Crippen molar-refractivity contribution in [1.29, 1.82) is 0 Å². The zero-order chi connectivity index (χ0) is 19.9. The molecule has 0 aliphatic heterocycles. The number of hydrogen-bond acceptors (Lipinski definition) is 7. The molecule has 27 heavy (non-hydrogen) atoms. The van der Waals surface area contributed by atoms with Gasteiger partial charge in [0.05, 0.1) is 24.2 Å². The Hall–Kier alpha value is -2.91. The highest BCUT2D eigenvalue weighted by Gasteiger charge is 2.12. The predicted octanol–water partition coefficient (Wildman–Crippen LogP) is 1.80. The van der Waals surface area contributed by atoms with E-state index in [9.17, 15) is 4.39 Å². The van der Waals surface area contributed by atoms with Crippen LogP contribution in [-0.4, -0.2) is 42.2 Å². The molecule has 9 heteroatoms. The number of nitrogens with zero attached hydrogens (tertiary/aromatic N) is 5. The molecule has 3 N–H and O–H groups in total. The Labute approximate surface area is 156 Å². The Morgan fingerprint density at radius 1 is 1.22 bits per heavy atom. The smallest absolute Gasteiger partial charge is 0.232 e. The highest BCUT2D eigenvalue weighted by Crippen LogP contribution is 2.15. The lowest BCUT2D eigenvalue weighted by atomic mass is 10.1. The number of aryl methyl sites for hydroxylation is 1. The molecule has 8 nitrogen and oxygen atoms in total. The summed E-state index contributed by atoms with van der Waals surface area (Å²) in [4.78, 5) is 7.97. The second-order valence-corrected chi connectivity index (χ2v) is 6.49. The van der Waals surface area contributed by atoms with Crippen LogP contribution in [0.3, 0.4) is 0 Å². The van der Waals surface area contributed by atoms with Crippen molar-refractivity contribution in [3.63, 3.8) is 0 Å². The average molecular weight is 374 g/mol. The number of aliphatic hydroxyl groups is 1. The number of nitrogens with two attached hydrogens (primary N) is 1. The van der Waals surface area contributed by atoms with Gasteiger partial charge in [-0.15, -0.1) is 5.10 Å². The van der Waals surface area contributed by atoms with Gasteiger partial charge in [0, 0.05) is 17.9 Å². The number of rotatable bonds is 5. The van der Waals surface area contributed by atoms with Crippen LogP contribution < -0.4 is 10.5 Å². The summed E-state index contributed by atoms with van der Waals surface area (Å²) in [7, 11) is 0. The zero-order valence-electron chi connectivity index (χ0n) is 15.5. The van der Waals surface area contributed by atoms with Crippen LogP contribution in [0, 0.1) is 12.7 Å². The highest BCUT2D eigenvalue weighted by atomic mass is 19.1. The Bertz CT molecular complexity index is 831. The van der Waals surface area contributed by atoms with Crippen molar-refractivity contribution in [3.8, 4) is 11.6 Å². The number of halogens is 1. The number of aromatic nitrogens is 5. The minimum absolute atomic E-state index is 0.0486. The Morgan fingerprint density at radius 2 is 1.89 bits per heavy atom. The van der Waals surface area contributed by atoms with Crippen LogP contribution in [0.1, 0.15) is 25.2 Å². The maximum absolute atomic E-state index is 13.0. The van der Waals surface area contributed by atoms with E-state index in [2.05, 4.69) is 20.3 Å². The first-order valence-electron chi connectivity index (χ1n) is 8.26. The molecule has 2 aromatic heterocycles. The largest absolute Gasteiger partial charge is 0.470 e. The van der Waals surface area contributed by atoms with Gasteiger partial charge in [0.2, 0.25) is 5.88 Å². The lowest BCUT2D eigenvalue weighted by Gasteiger charge is -2.12. The van der Waals surface area contributed by atoms with E-state index in [-0.39, 0.29) is 19.0 Å². The van der Waals surface area contributed by atoms with Gasteiger partial charge in [0.25, 0.3) is 0 Å². The first kappa shape index (κ1) is 20.4. The second kappa shape index (κ2) is 9.15. The molecular formula is C18H23FN6O2. The third-order valence-electron chi connectivity index (χ3n) is 3.33. The van der Waals surface area contributed by atoms with Gasteiger partial charge in [-0.3, -0.25) is 4.98 Å². The number of hydrogen-bond donors (Lipinski definition) is 2. The predicted molar refractivity (Wildman–Crippen MR) is 97.8 cm³/mol. The Balaban J connectivity index is 0.000000380. The molecule has 0 bridgehead atoms. The molecule has 0 unspecified atom stereocenters. The van der Waals surface area contributed by atoms with Gasteiger partial charge in [0.1, 0.15) is 18.1 Å². The molecule has 3 aromatic rings. The van der Waals surface area contributed by atoms with E-state index in [0.717, 1.165) is 17.1 Å². The van der Waals surface area contributed by atoms with Gasteiger partial charge in [-0.05, 0) is 45.0 Å². The summed E-state index contributed by atoms with van der Waals surface area (Å²) >= 11 is 0. The molecule has 3 rings (SSSR count). The van der Waals surface area contributed by atoms with E-state index < -0.39 is 5.54 Å². The van der Waals surface area contributed by atoms with Crippen molar-refractivity contribution < 1.29 is 14.2 Å². The normalized spacial score (nSPS) is 10.9. The second-order valence-electron chi connectivity index (χ2n) is 6.49. The van der Waals surface area contributed by atoms with Crippen LogP contribution in [0.5, 0.6) is 5.88 Å². The van der Waals surface area contributed by atoms with E-state index >= 15 is 0 Å². The Morgan fingerprint density at radius 3 is 2.44 bits per heavy atom. The van der Waals surface area contributed by atoms with Gasteiger partial charge in [-0.25, -0.2) is 14.1 Å². The molecule has 2 heterocycles. The van der Waals surface area contributed by atoms with Crippen LogP contribution in [-0.2, 0) is 6.61 Å². The maximum atomic E-state index is 13.0. The van der Waals surface area contributed by atoms with Gasteiger partial charge >= 0.3 is 0 Å². The summed E-state index contributed by atoms with van der Waals surface area (Å²) in [5.74, 6) is 0.122. The summed E-state index contributed by atoms with van der Waals surface area (Å²) in [6.45, 7) is 5.67. The molecule has 0 aliphatic carbocycles. The molecule has 1 aromatic carbocycles. The SMILES string of the molecule is CC(C)(N)CO.Cc1nnn(-c2ccc(F)cc2)c1COc1cnccn1. The van der Waals surface area contributed by atoms with E-state index in [1.165, 1.54) is 18.3 Å². The summed E-state index contributed by atoms with van der Waals surface area (Å²) in [6.07, 6.45) is 4.65. The fourth-order valence-corrected chi connectivity index (χ4v) is 1.83. The average Bonchev–Trinajstić information content (AvgIpc) is 3.02. The molecule has 0 saturated carbocycles. The Kier molecular flexibility index (Phi) is 6.91. The lowest BCUT2D eigenvalue weighted by molar-refractivity contribution is 0.221. The molecule has 144 valence electrons. The molecule has 0 fully saturated rings. The fourth-order valence-electron chi connectivity index (χ4n) is 1.83. The van der Waals surface area contributed by atoms with Gasteiger partial charge in [-0.2, -0.15) is 0 Å². The summed E-state index contributed by atoms with van der Waals surface area (Å²) in [5, 5.41) is 16.4. The summed E-state index contributed by atoms with van der Waals surface area (Å²) < 4.78 is 20.2. The minimum atomic E-state index is -0.403. The fraction of sp³-hybridized carbons (Fsp3) is 0.333. The third-order valence-corrected chi connectivity index (χ3v) is 3.33. The standard InChI is InChI=1S/C14H12FN5O.C4H11NO/c1-10-13(9-21-14-8-16-6-7-17-14)20(19-18-10)12-4-2-11(15)3-5-12;1-4(2,5)3-6/h2-8H,9H2,1H3;6H,3,5H2,1-2H3. The molecule has 0 atom stereocenters. The zero-order valence-corrected chi connectivity index (χ0v) is 15.5. The third kappa shape index (κ3) is 6.39. The van der Waals surface area contributed by atoms with Crippen molar-refractivity contribution >= 4 is 0 Å². The number of benzene rings is 1. The van der Waals surface area contributed by atoms with Crippen molar-refractivity contribution in [3.05, 3.63) is 60.1 Å². The lowest BCUT2D eigenvalue weighted by Crippen LogP contribution is -2.35. The molecule has 0 spiro atoms. The van der Waals surface area contributed by atoms with Crippen molar-refractivity contribution in [2.75, 3.05) is 6.61 Å². The topological polar surface area (TPSA) is 112 Å². The molecular weight excluding hydrogens is 351 g/mol. The van der Waals surface area contributed by atoms with Crippen LogP contribution in [0.25, 0.3) is 5.69 Å². The van der Waals surface area contributed by atoms with E-state index in [1.807, 2.05) is 6.92 Å². The molecule has 0 radical (unpaired) electrons. The van der Waals surface area contributed by atoms with E-state index in [0.29, 0.717) is 5.88 Å². The van der Waals surface area contributed by atoms with Gasteiger partial charge in [0.15, 0.2) is 0 Å². The van der Waals surface area contributed by atoms with Crippen LogP contribution in [0.4, 0.5) is 4.39 Å². The van der Waals surface area contributed by atoms with Crippen molar-refractivity contribution in [2.24, 2.45) is 5.73 Å². The monoisotopic (exact) mass is 374 g/mol. The molecule has 0 aliphatic rings. The van der Waals surface area contributed by atoms with Gasteiger partial charge in [-0.1, -0.05) is 5.21 Å². The first-order valence-corrected chi connectivity index (χ1v) is 8.26.